The average Bonchev–Trinajstić information content (AvgIpc) is 3.54. The van der Waals surface area contributed by atoms with Crippen molar-refractivity contribution in [2.45, 2.75) is 37.8 Å². The van der Waals surface area contributed by atoms with Gasteiger partial charge in [0.05, 0.1) is 19.1 Å². The summed E-state index contributed by atoms with van der Waals surface area (Å²) in [5.41, 5.74) is 5.77. The number of carbonyl (C=O) groups is 3. The molecule has 6 N–H and O–H groups in total. The van der Waals surface area contributed by atoms with Gasteiger partial charge < -0.3 is 26.4 Å². The largest absolute Gasteiger partial charge is 0.466 e. The van der Waals surface area contributed by atoms with Gasteiger partial charge in [0, 0.05) is 23.6 Å². The summed E-state index contributed by atoms with van der Waals surface area (Å²) in [5.74, 6) is -1.48. The molecule has 1 aliphatic carbocycles. The summed E-state index contributed by atoms with van der Waals surface area (Å²) < 4.78 is 5.03. The number of esters is 1. The Hall–Kier alpha value is -3.95. The molecule has 1 unspecified atom stereocenters. The quantitative estimate of drug-likeness (QED) is 0.225. The van der Waals surface area contributed by atoms with Crippen molar-refractivity contribution in [1.29, 1.82) is 5.41 Å². The molecule has 0 radical (unpaired) electrons. The van der Waals surface area contributed by atoms with Crippen molar-refractivity contribution in [3.05, 3.63) is 59.9 Å². The first-order valence-electron chi connectivity index (χ1n) is 10.2. The van der Waals surface area contributed by atoms with E-state index in [0.29, 0.717) is 29.7 Å². The van der Waals surface area contributed by atoms with Gasteiger partial charge in [-0.05, 0) is 49.6 Å². The van der Waals surface area contributed by atoms with E-state index in [-0.39, 0.29) is 24.9 Å². The Morgan fingerprint density at radius 2 is 2.03 bits per heavy atom. The lowest BCUT2D eigenvalue weighted by atomic mass is 10.0. The van der Waals surface area contributed by atoms with Gasteiger partial charge in [0.2, 0.25) is 5.91 Å². The Morgan fingerprint density at radius 3 is 2.66 bits per heavy atom. The van der Waals surface area contributed by atoms with E-state index in [0.717, 1.165) is 0 Å². The minimum Gasteiger partial charge on any atom is -0.466 e. The van der Waals surface area contributed by atoms with E-state index in [1.807, 2.05) is 0 Å². The molecule has 2 aromatic rings. The molecule has 1 aliphatic rings. The molecule has 3 rings (SSSR count). The van der Waals surface area contributed by atoms with Crippen LogP contribution in [-0.2, 0) is 14.3 Å². The fraction of sp³-hybridized carbons (Fsp3) is 0.318. The predicted molar refractivity (Wildman–Crippen MR) is 118 cm³/mol. The van der Waals surface area contributed by atoms with Crippen LogP contribution in [0.25, 0.3) is 0 Å². The van der Waals surface area contributed by atoms with E-state index in [1.54, 1.807) is 55.7 Å². The molecule has 0 spiro atoms. The van der Waals surface area contributed by atoms with Crippen LogP contribution in [0, 0.1) is 5.41 Å². The van der Waals surface area contributed by atoms with E-state index in [2.05, 4.69) is 20.9 Å². The highest BCUT2D eigenvalue weighted by Gasteiger charge is 2.51. The van der Waals surface area contributed by atoms with Gasteiger partial charge in [-0.3, -0.25) is 24.8 Å². The number of amides is 2. The highest BCUT2D eigenvalue weighted by atomic mass is 16.5. The summed E-state index contributed by atoms with van der Waals surface area (Å²) in [7, 11) is 0. The third-order valence-electron chi connectivity index (χ3n) is 5.01. The fourth-order valence-corrected chi connectivity index (χ4v) is 3.23. The number of hydrogen-bond donors (Lipinski definition) is 5. The first-order valence-corrected chi connectivity index (χ1v) is 10.2. The normalized spacial score (nSPS) is 14.5. The van der Waals surface area contributed by atoms with Crippen LogP contribution in [0.5, 0.6) is 0 Å². The smallest absolute Gasteiger partial charge is 0.308 e. The van der Waals surface area contributed by atoms with E-state index in [4.69, 9.17) is 15.9 Å². The van der Waals surface area contributed by atoms with Crippen molar-refractivity contribution in [1.82, 2.24) is 15.6 Å². The third-order valence-corrected chi connectivity index (χ3v) is 5.01. The molecule has 1 saturated carbocycles. The molecule has 168 valence electrons. The van der Waals surface area contributed by atoms with Crippen LogP contribution in [0.1, 0.15) is 48.1 Å². The van der Waals surface area contributed by atoms with Crippen molar-refractivity contribution in [3.63, 3.8) is 0 Å². The molecule has 1 heterocycles. The summed E-state index contributed by atoms with van der Waals surface area (Å²) in [6, 6.07) is 9.33. The first-order chi connectivity index (χ1) is 15.3. The predicted octanol–water partition coefficient (Wildman–Crippen LogP) is 1.46. The lowest BCUT2D eigenvalue weighted by molar-refractivity contribution is -0.143. The molecule has 0 bridgehead atoms. The fourth-order valence-electron chi connectivity index (χ4n) is 3.23. The standard InChI is InChI=1S/C22H26N6O4/c1-2-32-18(29)12-17(15-6-4-10-25-13-15)27-20(31)22(8-9-22)28-19(30)14-5-3-7-16(11-14)26-21(23)24/h3-7,10-11,13,17H,2,8-9,12H2,1H3,(H,27,31)(H,28,30)(H4,23,24,26). The minimum absolute atomic E-state index is 0.0476. The zero-order valence-electron chi connectivity index (χ0n) is 17.7. The molecule has 0 saturated heterocycles. The SMILES string of the molecule is CCOC(=O)CC(NC(=O)C1(NC(=O)c2cccc(NC(=N)N)c2)CC1)c1cccnc1. The summed E-state index contributed by atoms with van der Waals surface area (Å²) in [4.78, 5) is 42.0. The Bertz CT molecular complexity index is 1010. The number of nitrogens with zero attached hydrogens (tertiary/aromatic N) is 1. The van der Waals surface area contributed by atoms with E-state index in [9.17, 15) is 14.4 Å². The number of hydrogen-bond acceptors (Lipinski definition) is 6. The van der Waals surface area contributed by atoms with Gasteiger partial charge in [-0.15, -0.1) is 0 Å². The van der Waals surface area contributed by atoms with Crippen molar-refractivity contribution >= 4 is 29.4 Å². The topological polar surface area (TPSA) is 159 Å². The number of pyridine rings is 1. The average molecular weight is 438 g/mol. The molecule has 32 heavy (non-hydrogen) atoms. The van der Waals surface area contributed by atoms with Gasteiger partial charge >= 0.3 is 5.97 Å². The van der Waals surface area contributed by atoms with Crippen LogP contribution >= 0.6 is 0 Å². The lowest BCUT2D eigenvalue weighted by Gasteiger charge is -2.23. The zero-order valence-corrected chi connectivity index (χ0v) is 17.7. The van der Waals surface area contributed by atoms with E-state index >= 15 is 0 Å². The molecule has 1 aromatic heterocycles. The Kier molecular flexibility index (Phi) is 7.04. The van der Waals surface area contributed by atoms with Crippen LogP contribution in [-0.4, -0.2) is 40.9 Å². The van der Waals surface area contributed by atoms with Crippen LogP contribution in [0.15, 0.2) is 48.8 Å². The second kappa shape index (κ2) is 9.90. The zero-order chi connectivity index (χ0) is 23.1. The number of ether oxygens (including phenoxy) is 1. The van der Waals surface area contributed by atoms with Crippen LogP contribution in [0.2, 0.25) is 0 Å². The summed E-state index contributed by atoms with van der Waals surface area (Å²) in [5, 5.41) is 15.6. The Balaban J connectivity index is 1.70. The molecule has 10 heteroatoms. The van der Waals surface area contributed by atoms with Crippen LogP contribution in [0.3, 0.4) is 0 Å². The lowest BCUT2D eigenvalue weighted by Crippen LogP contribution is -2.50. The number of anilines is 1. The van der Waals surface area contributed by atoms with Gasteiger partial charge in [-0.25, -0.2) is 0 Å². The van der Waals surface area contributed by atoms with Gasteiger partial charge in [0.1, 0.15) is 5.54 Å². The molecule has 10 nitrogen and oxygen atoms in total. The maximum Gasteiger partial charge on any atom is 0.308 e. The van der Waals surface area contributed by atoms with Crippen molar-refractivity contribution in [2.24, 2.45) is 5.73 Å². The van der Waals surface area contributed by atoms with Gasteiger partial charge in [0.15, 0.2) is 5.96 Å². The molecule has 1 atom stereocenters. The van der Waals surface area contributed by atoms with Crippen molar-refractivity contribution < 1.29 is 19.1 Å². The molecule has 1 aromatic carbocycles. The summed E-state index contributed by atoms with van der Waals surface area (Å²) in [6.07, 6.45) is 4.10. The van der Waals surface area contributed by atoms with Crippen LogP contribution in [0.4, 0.5) is 5.69 Å². The van der Waals surface area contributed by atoms with Gasteiger partial charge in [-0.1, -0.05) is 12.1 Å². The molecule has 0 aliphatic heterocycles. The van der Waals surface area contributed by atoms with E-state index in [1.165, 1.54) is 0 Å². The highest BCUT2D eigenvalue weighted by molar-refractivity contribution is 6.02. The third kappa shape index (κ3) is 5.81. The van der Waals surface area contributed by atoms with Crippen molar-refractivity contribution in [2.75, 3.05) is 11.9 Å². The monoisotopic (exact) mass is 438 g/mol. The molecular formula is C22H26N6O4. The number of aromatic nitrogens is 1. The number of guanidine groups is 1. The second-order valence-electron chi connectivity index (χ2n) is 7.48. The van der Waals surface area contributed by atoms with Crippen LogP contribution < -0.4 is 21.7 Å². The molecular weight excluding hydrogens is 412 g/mol. The molecule has 2 amide bonds. The van der Waals surface area contributed by atoms with E-state index < -0.39 is 23.5 Å². The second-order valence-corrected chi connectivity index (χ2v) is 7.48. The number of nitrogens with one attached hydrogen (secondary N) is 4. The maximum absolute atomic E-state index is 13.1. The Morgan fingerprint density at radius 1 is 1.25 bits per heavy atom. The number of rotatable bonds is 9. The Labute approximate surface area is 185 Å². The highest BCUT2D eigenvalue weighted by Crippen LogP contribution is 2.37. The minimum atomic E-state index is -1.05. The van der Waals surface area contributed by atoms with Gasteiger partial charge in [-0.2, -0.15) is 0 Å². The van der Waals surface area contributed by atoms with Crippen molar-refractivity contribution in [3.8, 4) is 0 Å². The summed E-state index contributed by atoms with van der Waals surface area (Å²) >= 11 is 0. The summed E-state index contributed by atoms with van der Waals surface area (Å²) in [6.45, 7) is 1.95. The number of nitrogens with two attached hydrogens (primary N) is 1. The number of carbonyl (C=O) groups excluding carboxylic acids is 3. The number of benzene rings is 1. The van der Waals surface area contributed by atoms with Gasteiger partial charge in [0.25, 0.3) is 5.91 Å². The maximum atomic E-state index is 13.1. The molecule has 1 fully saturated rings. The first kappa shape index (κ1) is 22.7.